The number of carbonyl (C=O) groups is 1. The van der Waals surface area contributed by atoms with Crippen molar-refractivity contribution in [3.05, 3.63) is 131 Å². The summed E-state index contributed by atoms with van der Waals surface area (Å²) in [4.78, 5) is 16.6. The van der Waals surface area contributed by atoms with Gasteiger partial charge in [-0.2, -0.15) is 5.10 Å². The van der Waals surface area contributed by atoms with Gasteiger partial charge in [0.2, 0.25) is 4.33 Å². The Bertz CT molecular complexity index is 1480. The molecule has 0 unspecified atom stereocenters. The molecule has 7 heteroatoms. The smallest absolute Gasteiger partial charge is 0.268 e. The predicted molar refractivity (Wildman–Crippen MR) is 155 cm³/mol. The molecule has 1 atom stereocenters. The van der Waals surface area contributed by atoms with Crippen LogP contribution in [0, 0.1) is 0 Å². The number of ether oxygens (including phenoxy) is 1. The van der Waals surface area contributed by atoms with Crippen LogP contribution in [0.5, 0.6) is 5.75 Å². The highest BCUT2D eigenvalue weighted by Gasteiger charge is 2.59. The number of hydrogen-bond acceptors (Lipinski definition) is 6. The monoisotopic (exact) mass is 521 g/mol. The van der Waals surface area contributed by atoms with Crippen molar-refractivity contribution in [2.24, 2.45) is 5.10 Å². The maximum absolute atomic E-state index is 14.1. The number of hydrazone groups is 1. The lowest BCUT2D eigenvalue weighted by Crippen LogP contribution is -2.51. The molecule has 4 aromatic carbocycles. The quantitative estimate of drug-likeness (QED) is 0.264. The Balaban J connectivity index is 1.50. The third kappa shape index (κ3) is 4.30. The van der Waals surface area contributed by atoms with Crippen molar-refractivity contribution in [1.82, 2.24) is 0 Å². The van der Waals surface area contributed by atoms with Gasteiger partial charge in [-0.3, -0.25) is 9.69 Å². The van der Waals surface area contributed by atoms with E-state index < -0.39 is 4.33 Å². The first-order valence-corrected chi connectivity index (χ1v) is 13.4. The highest BCUT2D eigenvalue weighted by atomic mass is 32.2. The number of amides is 1. The van der Waals surface area contributed by atoms with Gasteiger partial charge in [-0.25, -0.2) is 5.01 Å². The number of thioether (sulfide) groups is 2. The van der Waals surface area contributed by atoms with Crippen LogP contribution in [0.2, 0.25) is 0 Å². The molecule has 2 heterocycles. The molecule has 37 heavy (non-hydrogen) atoms. The van der Waals surface area contributed by atoms with Crippen molar-refractivity contribution < 1.29 is 9.53 Å². The first-order chi connectivity index (χ1) is 18.2. The lowest BCUT2D eigenvalue weighted by Gasteiger charge is -2.38. The third-order valence-corrected chi connectivity index (χ3v) is 8.84. The zero-order chi connectivity index (χ0) is 25.2. The molecular formula is C30H23N3O2S2. The molecule has 0 saturated carbocycles. The standard InChI is InChI=1S/C30H23N3O2S2/c1-35-26-19-17-22(18-20-26)21-27-29(34)32(24-13-7-3-8-14-24)30(36-27)33(25-15-9-4-10-16-25)31-28(37-30)23-11-5-2-6-12-23/h2-21H,1H3/b27-21-/t30-/m0/s1. The number of para-hydroxylation sites is 2. The highest BCUT2D eigenvalue weighted by Crippen LogP contribution is 2.59. The van der Waals surface area contributed by atoms with E-state index in [0.717, 1.165) is 33.3 Å². The Morgan fingerprint density at radius 3 is 1.97 bits per heavy atom. The van der Waals surface area contributed by atoms with Crippen LogP contribution in [0.4, 0.5) is 11.4 Å². The van der Waals surface area contributed by atoms with Crippen molar-refractivity contribution in [1.29, 1.82) is 0 Å². The van der Waals surface area contributed by atoms with Crippen molar-refractivity contribution in [2.75, 3.05) is 17.0 Å². The van der Waals surface area contributed by atoms with Crippen LogP contribution < -0.4 is 14.6 Å². The number of benzene rings is 4. The molecule has 1 spiro atoms. The van der Waals surface area contributed by atoms with Crippen molar-refractivity contribution in [3.63, 3.8) is 0 Å². The minimum Gasteiger partial charge on any atom is -0.497 e. The van der Waals surface area contributed by atoms with Gasteiger partial charge in [0.25, 0.3) is 5.91 Å². The van der Waals surface area contributed by atoms with E-state index in [1.165, 1.54) is 11.8 Å². The number of carbonyl (C=O) groups excluding carboxylic acids is 1. The van der Waals surface area contributed by atoms with Crippen LogP contribution in [0.15, 0.2) is 125 Å². The fourth-order valence-electron chi connectivity index (χ4n) is 4.31. The van der Waals surface area contributed by atoms with Crippen LogP contribution in [0.25, 0.3) is 6.08 Å². The van der Waals surface area contributed by atoms with Gasteiger partial charge in [0.05, 0.1) is 17.7 Å². The van der Waals surface area contributed by atoms with Crippen LogP contribution in [-0.2, 0) is 4.79 Å². The summed E-state index contributed by atoms with van der Waals surface area (Å²) in [6.07, 6.45) is 1.95. The molecule has 4 aromatic rings. The maximum atomic E-state index is 14.1. The molecule has 182 valence electrons. The Morgan fingerprint density at radius 2 is 1.35 bits per heavy atom. The van der Waals surface area contributed by atoms with Gasteiger partial charge in [-0.15, -0.1) is 0 Å². The van der Waals surface area contributed by atoms with E-state index in [1.807, 2.05) is 119 Å². The minimum atomic E-state index is -0.872. The fraction of sp³-hybridized carbons (Fsp3) is 0.0667. The van der Waals surface area contributed by atoms with Crippen LogP contribution >= 0.6 is 23.5 Å². The maximum Gasteiger partial charge on any atom is 0.268 e. The largest absolute Gasteiger partial charge is 0.497 e. The molecule has 5 nitrogen and oxygen atoms in total. The Morgan fingerprint density at radius 1 is 0.757 bits per heavy atom. The van der Waals surface area contributed by atoms with E-state index in [-0.39, 0.29) is 5.91 Å². The molecule has 1 amide bonds. The molecule has 2 aliphatic rings. The molecule has 0 N–H and O–H groups in total. The van der Waals surface area contributed by atoms with Crippen LogP contribution in [-0.4, -0.2) is 22.4 Å². The van der Waals surface area contributed by atoms with Gasteiger partial charge in [-0.1, -0.05) is 90.6 Å². The number of methoxy groups -OCH3 is 1. The SMILES string of the molecule is COc1ccc(/C=C2\S[C@]3(SC(c4ccccc4)=NN3c3ccccc3)N(c3ccccc3)C2=O)cc1. The van der Waals surface area contributed by atoms with Gasteiger partial charge < -0.3 is 4.74 Å². The van der Waals surface area contributed by atoms with E-state index >= 15 is 0 Å². The van der Waals surface area contributed by atoms with E-state index in [0.29, 0.717) is 4.91 Å². The average Bonchev–Trinajstić information content (AvgIpc) is 3.47. The van der Waals surface area contributed by atoms with Crippen molar-refractivity contribution in [3.8, 4) is 5.75 Å². The summed E-state index contributed by atoms with van der Waals surface area (Å²) in [5.41, 5.74) is 3.67. The van der Waals surface area contributed by atoms with E-state index in [1.54, 1.807) is 18.9 Å². The van der Waals surface area contributed by atoms with Gasteiger partial charge in [0.1, 0.15) is 10.8 Å². The first kappa shape index (κ1) is 23.5. The van der Waals surface area contributed by atoms with Crippen molar-refractivity contribution >= 4 is 51.9 Å². The number of nitrogens with zero attached hydrogens (tertiary/aromatic N) is 3. The number of rotatable bonds is 5. The average molecular weight is 522 g/mol. The number of hydrogen-bond donors (Lipinski definition) is 0. The zero-order valence-electron chi connectivity index (χ0n) is 20.0. The summed E-state index contributed by atoms with van der Waals surface area (Å²) in [7, 11) is 1.64. The van der Waals surface area contributed by atoms with E-state index in [9.17, 15) is 4.79 Å². The lowest BCUT2D eigenvalue weighted by molar-refractivity contribution is -0.114. The molecule has 2 aliphatic heterocycles. The molecule has 1 fully saturated rings. The molecule has 0 aliphatic carbocycles. The summed E-state index contributed by atoms with van der Waals surface area (Å²) in [6.45, 7) is 0. The predicted octanol–water partition coefficient (Wildman–Crippen LogP) is 7.04. The van der Waals surface area contributed by atoms with Gasteiger partial charge in [0.15, 0.2) is 0 Å². The van der Waals surface area contributed by atoms with Gasteiger partial charge in [-0.05, 0) is 59.8 Å². The molecule has 0 radical (unpaired) electrons. The number of anilines is 2. The Labute approximate surface area is 224 Å². The van der Waals surface area contributed by atoms with Gasteiger partial charge >= 0.3 is 0 Å². The summed E-state index contributed by atoms with van der Waals surface area (Å²) < 4.78 is 4.43. The Kier molecular flexibility index (Phi) is 6.24. The van der Waals surface area contributed by atoms with Gasteiger partial charge in [0, 0.05) is 11.3 Å². The fourth-order valence-corrected chi connectivity index (χ4v) is 7.29. The van der Waals surface area contributed by atoms with E-state index in [2.05, 4.69) is 12.1 Å². The third-order valence-electron chi connectivity index (χ3n) is 6.08. The molecule has 6 rings (SSSR count). The second-order valence-corrected chi connectivity index (χ2v) is 11.1. The highest BCUT2D eigenvalue weighted by molar-refractivity contribution is 8.28. The molecule has 0 aromatic heterocycles. The zero-order valence-corrected chi connectivity index (χ0v) is 21.7. The lowest BCUT2D eigenvalue weighted by atomic mass is 10.2. The first-order valence-electron chi connectivity index (χ1n) is 11.8. The summed E-state index contributed by atoms with van der Waals surface area (Å²) in [6, 6.07) is 37.7. The minimum absolute atomic E-state index is 0.0649. The molecule has 1 saturated heterocycles. The Hall–Kier alpha value is -3.94. The molecular weight excluding hydrogens is 498 g/mol. The topological polar surface area (TPSA) is 45.1 Å². The summed E-state index contributed by atoms with van der Waals surface area (Å²) >= 11 is 3.11. The molecule has 0 bridgehead atoms. The second kappa shape index (κ2) is 9.84. The summed E-state index contributed by atoms with van der Waals surface area (Å²) in [5.74, 6) is 0.711. The van der Waals surface area contributed by atoms with Crippen LogP contribution in [0.3, 0.4) is 0 Å². The normalized spacial score (nSPS) is 20.1. The van der Waals surface area contributed by atoms with Crippen molar-refractivity contribution in [2.45, 2.75) is 4.33 Å². The summed E-state index contributed by atoms with van der Waals surface area (Å²) in [5, 5.41) is 7.93. The second-order valence-electron chi connectivity index (χ2n) is 8.43. The van der Waals surface area contributed by atoms with E-state index in [4.69, 9.17) is 9.84 Å². The van der Waals surface area contributed by atoms with Crippen LogP contribution in [0.1, 0.15) is 11.1 Å².